The summed E-state index contributed by atoms with van der Waals surface area (Å²) in [5.74, 6) is 1.14. The van der Waals surface area contributed by atoms with Gasteiger partial charge < -0.3 is 5.32 Å². The first-order valence-electron chi connectivity index (χ1n) is 10.3. The van der Waals surface area contributed by atoms with Gasteiger partial charge in [0, 0.05) is 29.2 Å². The Bertz CT molecular complexity index is 1210. The van der Waals surface area contributed by atoms with Gasteiger partial charge in [0.15, 0.2) is 11.5 Å². The van der Waals surface area contributed by atoms with Crippen LogP contribution in [0.2, 0.25) is 5.02 Å². The van der Waals surface area contributed by atoms with Gasteiger partial charge in [0.1, 0.15) is 5.82 Å². The van der Waals surface area contributed by atoms with E-state index in [4.69, 9.17) is 11.6 Å². The van der Waals surface area contributed by atoms with Gasteiger partial charge in [-0.2, -0.15) is 10.2 Å². The van der Waals surface area contributed by atoms with E-state index < -0.39 is 0 Å². The van der Waals surface area contributed by atoms with E-state index in [0.29, 0.717) is 35.2 Å². The molecule has 31 heavy (non-hydrogen) atoms. The van der Waals surface area contributed by atoms with E-state index in [9.17, 15) is 4.79 Å². The van der Waals surface area contributed by atoms with E-state index in [-0.39, 0.29) is 11.9 Å². The summed E-state index contributed by atoms with van der Waals surface area (Å²) >= 11 is 5.93. The normalized spacial score (nSPS) is 12.3. The van der Waals surface area contributed by atoms with Crippen LogP contribution in [-0.4, -0.2) is 42.4 Å². The Balaban J connectivity index is 1.44. The number of amides is 1. The number of benzene rings is 1. The molecule has 0 bridgehead atoms. The van der Waals surface area contributed by atoms with Crippen LogP contribution in [0, 0.1) is 6.92 Å². The molecule has 1 unspecified atom stereocenters. The number of aromatic nitrogens is 6. The number of nitrogens with zero attached hydrogens (tertiary/aromatic N) is 5. The standard InChI is InChI=1S/C22H24ClN7O/c1-4-14(3)30-21-18(12-25-30)17(11-13(2)26-21)22(31)24-10-9-19-27-20(29-28-19)15-5-7-16(23)8-6-15/h5-8,11-12,14H,4,9-10H2,1-3H3,(H,24,31)(H,27,28,29). The number of hydrogen-bond donors (Lipinski definition) is 2. The Morgan fingerprint density at radius 2 is 2.03 bits per heavy atom. The van der Waals surface area contributed by atoms with Crippen LogP contribution in [0.25, 0.3) is 22.4 Å². The lowest BCUT2D eigenvalue weighted by Gasteiger charge is -2.11. The number of carbonyl (C=O) groups excluding carboxylic acids is 1. The molecule has 0 spiro atoms. The number of halogens is 1. The van der Waals surface area contributed by atoms with E-state index in [1.165, 1.54) is 0 Å². The number of H-pyrrole nitrogens is 1. The molecule has 0 aliphatic heterocycles. The van der Waals surface area contributed by atoms with Crippen molar-refractivity contribution in [2.45, 2.75) is 39.7 Å². The quantitative estimate of drug-likeness (QED) is 0.452. The predicted octanol–water partition coefficient (Wildman–Crippen LogP) is 4.12. The van der Waals surface area contributed by atoms with Crippen molar-refractivity contribution in [3.63, 3.8) is 0 Å². The molecule has 3 heterocycles. The van der Waals surface area contributed by atoms with Gasteiger partial charge in [0.25, 0.3) is 5.91 Å². The number of nitrogens with one attached hydrogen (secondary N) is 2. The second kappa shape index (κ2) is 8.85. The molecule has 1 atom stereocenters. The molecule has 160 valence electrons. The lowest BCUT2D eigenvalue weighted by Crippen LogP contribution is -2.26. The lowest BCUT2D eigenvalue weighted by atomic mass is 10.1. The Morgan fingerprint density at radius 3 is 2.77 bits per heavy atom. The summed E-state index contributed by atoms with van der Waals surface area (Å²) in [5.41, 5.74) is 2.98. The summed E-state index contributed by atoms with van der Waals surface area (Å²) < 4.78 is 1.88. The number of carbonyl (C=O) groups is 1. The number of fused-ring (bicyclic) bond motifs is 1. The fraction of sp³-hybridized carbons (Fsp3) is 0.318. The van der Waals surface area contributed by atoms with Crippen molar-refractivity contribution in [1.29, 1.82) is 0 Å². The van der Waals surface area contributed by atoms with Crippen LogP contribution in [0.1, 0.15) is 48.2 Å². The summed E-state index contributed by atoms with van der Waals surface area (Å²) in [6, 6.07) is 9.35. The van der Waals surface area contributed by atoms with Gasteiger partial charge >= 0.3 is 0 Å². The van der Waals surface area contributed by atoms with Gasteiger partial charge in [-0.15, -0.1) is 0 Å². The molecule has 4 aromatic rings. The second-order valence-corrected chi connectivity index (χ2v) is 7.95. The van der Waals surface area contributed by atoms with Crippen LogP contribution in [0.15, 0.2) is 36.5 Å². The number of aromatic amines is 1. The molecule has 9 heteroatoms. The summed E-state index contributed by atoms with van der Waals surface area (Å²) in [4.78, 5) is 22.0. The monoisotopic (exact) mass is 437 g/mol. The first-order chi connectivity index (χ1) is 15.0. The van der Waals surface area contributed by atoms with Crippen LogP contribution >= 0.6 is 11.6 Å². The summed E-state index contributed by atoms with van der Waals surface area (Å²) in [5, 5.41) is 16.0. The minimum Gasteiger partial charge on any atom is -0.352 e. The Hall–Kier alpha value is -3.26. The van der Waals surface area contributed by atoms with Crippen molar-refractivity contribution in [2.75, 3.05) is 6.54 Å². The number of rotatable bonds is 7. The molecule has 0 aliphatic carbocycles. The van der Waals surface area contributed by atoms with Crippen molar-refractivity contribution >= 4 is 28.5 Å². The molecule has 1 amide bonds. The fourth-order valence-electron chi connectivity index (χ4n) is 3.35. The number of aryl methyl sites for hydroxylation is 1. The van der Waals surface area contributed by atoms with E-state index in [1.807, 2.05) is 23.7 Å². The zero-order chi connectivity index (χ0) is 22.0. The largest absolute Gasteiger partial charge is 0.352 e. The van der Waals surface area contributed by atoms with Gasteiger partial charge in [0.05, 0.1) is 23.2 Å². The van der Waals surface area contributed by atoms with Crippen LogP contribution in [-0.2, 0) is 6.42 Å². The van der Waals surface area contributed by atoms with E-state index in [1.54, 1.807) is 24.4 Å². The molecule has 0 aliphatic rings. The van der Waals surface area contributed by atoms with Crippen molar-refractivity contribution < 1.29 is 4.79 Å². The molecule has 0 fully saturated rings. The summed E-state index contributed by atoms with van der Waals surface area (Å²) in [6.45, 7) is 6.50. The lowest BCUT2D eigenvalue weighted by molar-refractivity contribution is 0.0955. The molecule has 0 saturated carbocycles. The number of pyridine rings is 1. The van der Waals surface area contributed by atoms with Crippen LogP contribution < -0.4 is 5.32 Å². The first kappa shape index (κ1) is 21.0. The molecular weight excluding hydrogens is 414 g/mol. The van der Waals surface area contributed by atoms with Crippen molar-refractivity contribution in [3.8, 4) is 11.4 Å². The maximum Gasteiger partial charge on any atom is 0.252 e. The van der Waals surface area contributed by atoms with Crippen molar-refractivity contribution in [1.82, 2.24) is 35.3 Å². The molecule has 3 aromatic heterocycles. The van der Waals surface area contributed by atoms with Gasteiger partial charge in [0.2, 0.25) is 0 Å². The molecule has 0 saturated heterocycles. The maximum absolute atomic E-state index is 12.9. The Morgan fingerprint density at radius 1 is 1.26 bits per heavy atom. The van der Waals surface area contributed by atoms with Crippen molar-refractivity contribution in [2.24, 2.45) is 0 Å². The Kier molecular flexibility index (Phi) is 5.99. The molecule has 8 nitrogen and oxygen atoms in total. The Labute approximate surface area is 185 Å². The molecule has 0 radical (unpaired) electrons. The predicted molar refractivity (Wildman–Crippen MR) is 120 cm³/mol. The SMILES string of the molecule is CCC(C)n1ncc2c(C(=O)NCCc3nc(-c4ccc(Cl)cc4)n[nH]3)cc(C)nc21. The summed E-state index contributed by atoms with van der Waals surface area (Å²) in [7, 11) is 0. The average Bonchev–Trinajstić information content (AvgIpc) is 3.40. The van der Waals surface area contributed by atoms with E-state index >= 15 is 0 Å². The van der Waals surface area contributed by atoms with Crippen molar-refractivity contribution in [3.05, 3.63) is 58.6 Å². The molecule has 4 rings (SSSR count). The highest BCUT2D eigenvalue weighted by Crippen LogP contribution is 2.22. The average molecular weight is 438 g/mol. The van der Waals surface area contributed by atoms with E-state index in [2.05, 4.69) is 44.4 Å². The zero-order valence-electron chi connectivity index (χ0n) is 17.7. The van der Waals surface area contributed by atoms with Crippen LogP contribution in [0.3, 0.4) is 0 Å². The first-order valence-corrected chi connectivity index (χ1v) is 10.6. The smallest absolute Gasteiger partial charge is 0.252 e. The zero-order valence-corrected chi connectivity index (χ0v) is 18.4. The minimum absolute atomic E-state index is 0.156. The van der Waals surface area contributed by atoms with Gasteiger partial charge in [-0.1, -0.05) is 18.5 Å². The molecular formula is C22H24ClN7O. The third kappa shape index (κ3) is 4.44. The number of hydrogen-bond acceptors (Lipinski definition) is 5. The molecule has 2 N–H and O–H groups in total. The van der Waals surface area contributed by atoms with Gasteiger partial charge in [-0.25, -0.2) is 14.6 Å². The second-order valence-electron chi connectivity index (χ2n) is 7.51. The third-order valence-corrected chi connectivity index (χ3v) is 5.48. The highest BCUT2D eigenvalue weighted by atomic mass is 35.5. The minimum atomic E-state index is -0.156. The highest BCUT2D eigenvalue weighted by molar-refractivity contribution is 6.30. The van der Waals surface area contributed by atoms with Gasteiger partial charge in [-0.05, 0) is 50.6 Å². The topological polar surface area (TPSA) is 101 Å². The van der Waals surface area contributed by atoms with Gasteiger partial charge in [-0.3, -0.25) is 9.89 Å². The summed E-state index contributed by atoms with van der Waals surface area (Å²) in [6.07, 6.45) is 3.19. The maximum atomic E-state index is 12.9. The van der Waals surface area contributed by atoms with Crippen LogP contribution in [0.4, 0.5) is 0 Å². The molecule has 1 aromatic carbocycles. The van der Waals surface area contributed by atoms with Crippen LogP contribution in [0.5, 0.6) is 0 Å². The third-order valence-electron chi connectivity index (χ3n) is 5.23. The highest BCUT2D eigenvalue weighted by Gasteiger charge is 2.17. The fourth-order valence-corrected chi connectivity index (χ4v) is 3.48. The van der Waals surface area contributed by atoms with E-state index in [0.717, 1.165) is 28.7 Å².